The molecule has 2 heterocycles. The van der Waals surface area contributed by atoms with Gasteiger partial charge in [-0.25, -0.2) is 0 Å². The maximum absolute atomic E-state index is 3.44. The second kappa shape index (κ2) is 4.67. The van der Waals surface area contributed by atoms with Gasteiger partial charge < -0.3 is 5.32 Å². The van der Waals surface area contributed by atoms with Crippen LogP contribution in [0.25, 0.3) is 0 Å². The molecule has 2 nitrogen and oxygen atoms in total. The Kier molecular flexibility index (Phi) is 3.52. The van der Waals surface area contributed by atoms with Crippen molar-refractivity contribution in [1.29, 1.82) is 0 Å². The zero-order chi connectivity index (χ0) is 9.10. The van der Waals surface area contributed by atoms with Crippen molar-refractivity contribution in [1.82, 2.24) is 10.2 Å². The third-order valence-corrected chi connectivity index (χ3v) is 4.52. The SMILES string of the molecule is CN(C1CCNC1)C1CCCSC1. The van der Waals surface area contributed by atoms with Gasteiger partial charge in [-0.2, -0.15) is 11.8 Å². The standard InChI is InChI=1S/C10H20N2S/c1-12(9-4-5-11-7-9)10-3-2-6-13-8-10/h9-11H,2-8H2,1H3. The van der Waals surface area contributed by atoms with Crippen molar-refractivity contribution in [3.05, 3.63) is 0 Å². The third kappa shape index (κ3) is 2.39. The molecule has 76 valence electrons. The fourth-order valence-electron chi connectivity index (χ4n) is 2.33. The van der Waals surface area contributed by atoms with E-state index in [1.807, 2.05) is 0 Å². The van der Waals surface area contributed by atoms with Crippen LogP contribution in [0, 0.1) is 0 Å². The quantitative estimate of drug-likeness (QED) is 0.720. The minimum atomic E-state index is 0.809. The first-order valence-electron chi connectivity index (χ1n) is 5.38. The van der Waals surface area contributed by atoms with E-state index in [0.717, 1.165) is 12.1 Å². The largest absolute Gasteiger partial charge is 0.315 e. The first kappa shape index (κ1) is 9.81. The van der Waals surface area contributed by atoms with Gasteiger partial charge in [0.2, 0.25) is 0 Å². The molecule has 2 saturated heterocycles. The van der Waals surface area contributed by atoms with Crippen LogP contribution in [0.5, 0.6) is 0 Å². The zero-order valence-corrected chi connectivity index (χ0v) is 9.28. The van der Waals surface area contributed by atoms with Gasteiger partial charge in [0.15, 0.2) is 0 Å². The van der Waals surface area contributed by atoms with Crippen molar-refractivity contribution in [3.63, 3.8) is 0 Å². The molecule has 0 aliphatic carbocycles. The van der Waals surface area contributed by atoms with Crippen molar-refractivity contribution in [2.45, 2.75) is 31.3 Å². The number of hydrogen-bond acceptors (Lipinski definition) is 3. The summed E-state index contributed by atoms with van der Waals surface area (Å²) in [6.45, 7) is 2.42. The van der Waals surface area contributed by atoms with Crippen LogP contribution in [-0.2, 0) is 0 Å². The van der Waals surface area contributed by atoms with Gasteiger partial charge in [-0.15, -0.1) is 0 Å². The smallest absolute Gasteiger partial charge is 0.0232 e. The van der Waals surface area contributed by atoms with Gasteiger partial charge in [0.1, 0.15) is 0 Å². The van der Waals surface area contributed by atoms with Crippen LogP contribution >= 0.6 is 11.8 Å². The lowest BCUT2D eigenvalue weighted by atomic mass is 10.1. The molecule has 3 heteroatoms. The predicted octanol–water partition coefficient (Wildman–Crippen LogP) is 1.18. The topological polar surface area (TPSA) is 15.3 Å². The lowest BCUT2D eigenvalue weighted by Gasteiger charge is -2.34. The van der Waals surface area contributed by atoms with E-state index in [2.05, 4.69) is 29.0 Å². The fraction of sp³-hybridized carbons (Fsp3) is 1.00. The Morgan fingerprint density at radius 2 is 2.23 bits per heavy atom. The molecule has 0 aromatic carbocycles. The summed E-state index contributed by atoms with van der Waals surface area (Å²) in [5.41, 5.74) is 0. The highest BCUT2D eigenvalue weighted by Crippen LogP contribution is 2.23. The van der Waals surface area contributed by atoms with Crippen LogP contribution in [0.3, 0.4) is 0 Å². The van der Waals surface area contributed by atoms with Crippen LogP contribution in [0.15, 0.2) is 0 Å². The molecule has 1 N–H and O–H groups in total. The van der Waals surface area contributed by atoms with E-state index in [9.17, 15) is 0 Å². The Morgan fingerprint density at radius 1 is 1.31 bits per heavy atom. The summed E-state index contributed by atoms with van der Waals surface area (Å²) in [7, 11) is 2.31. The number of hydrogen-bond donors (Lipinski definition) is 1. The summed E-state index contributed by atoms with van der Waals surface area (Å²) in [5.74, 6) is 2.74. The van der Waals surface area contributed by atoms with Crippen LogP contribution in [0.4, 0.5) is 0 Å². The van der Waals surface area contributed by atoms with E-state index in [1.54, 1.807) is 0 Å². The molecule has 0 aromatic heterocycles. The average molecular weight is 200 g/mol. The summed E-state index contributed by atoms with van der Waals surface area (Å²) >= 11 is 2.13. The minimum Gasteiger partial charge on any atom is -0.315 e. The van der Waals surface area contributed by atoms with Gasteiger partial charge in [0.25, 0.3) is 0 Å². The van der Waals surface area contributed by atoms with Crippen LogP contribution in [0.1, 0.15) is 19.3 Å². The number of nitrogens with zero attached hydrogens (tertiary/aromatic N) is 1. The molecule has 2 atom stereocenters. The van der Waals surface area contributed by atoms with Crippen molar-refractivity contribution >= 4 is 11.8 Å². The second-order valence-electron chi connectivity index (χ2n) is 4.18. The molecule has 2 fully saturated rings. The van der Waals surface area contributed by atoms with Crippen molar-refractivity contribution < 1.29 is 0 Å². The Balaban J connectivity index is 1.83. The lowest BCUT2D eigenvalue weighted by molar-refractivity contribution is 0.187. The molecule has 2 aliphatic heterocycles. The van der Waals surface area contributed by atoms with E-state index in [-0.39, 0.29) is 0 Å². The normalized spacial score (nSPS) is 35.5. The first-order chi connectivity index (χ1) is 6.38. The summed E-state index contributed by atoms with van der Waals surface area (Å²) in [6.07, 6.45) is 4.18. The van der Waals surface area contributed by atoms with E-state index >= 15 is 0 Å². The maximum atomic E-state index is 3.44. The molecule has 0 bridgehead atoms. The van der Waals surface area contributed by atoms with E-state index in [0.29, 0.717) is 0 Å². The number of likely N-dealkylation sites (N-methyl/N-ethyl adjacent to an activating group) is 1. The molecular formula is C10H20N2S. The van der Waals surface area contributed by atoms with Gasteiger partial charge in [-0.05, 0) is 38.6 Å². The number of nitrogens with one attached hydrogen (secondary N) is 1. The highest BCUT2D eigenvalue weighted by Gasteiger charge is 2.26. The summed E-state index contributed by atoms with van der Waals surface area (Å²) in [5, 5.41) is 3.44. The lowest BCUT2D eigenvalue weighted by Crippen LogP contribution is -2.43. The minimum absolute atomic E-state index is 0.809. The summed E-state index contributed by atoms with van der Waals surface area (Å²) < 4.78 is 0. The van der Waals surface area contributed by atoms with Crippen LogP contribution < -0.4 is 5.32 Å². The van der Waals surface area contributed by atoms with Crippen LogP contribution in [-0.4, -0.2) is 48.6 Å². The molecule has 2 rings (SSSR count). The van der Waals surface area contributed by atoms with Gasteiger partial charge in [-0.1, -0.05) is 0 Å². The zero-order valence-electron chi connectivity index (χ0n) is 8.46. The van der Waals surface area contributed by atoms with Gasteiger partial charge in [0, 0.05) is 24.4 Å². The van der Waals surface area contributed by atoms with E-state index in [1.165, 1.54) is 43.9 Å². The van der Waals surface area contributed by atoms with Gasteiger partial charge >= 0.3 is 0 Å². The Morgan fingerprint density at radius 3 is 2.85 bits per heavy atom. The molecule has 2 aliphatic rings. The molecular weight excluding hydrogens is 180 g/mol. The first-order valence-corrected chi connectivity index (χ1v) is 6.54. The number of thioether (sulfide) groups is 1. The van der Waals surface area contributed by atoms with Gasteiger partial charge in [-0.3, -0.25) is 4.90 Å². The van der Waals surface area contributed by atoms with Crippen molar-refractivity contribution in [2.75, 3.05) is 31.6 Å². The molecule has 0 amide bonds. The highest BCUT2D eigenvalue weighted by atomic mass is 32.2. The highest BCUT2D eigenvalue weighted by molar-refractivity contribution is 7.99. The number of rotatable bonds is 2. The predicted molar refractivity (Wildman–Crippen MR) is 59.4 cm³/mol. The van der Waals surface area contributed by atoms with Crippen LogP contribution in [0.2, 0.25) is 0 Å². The van der Waals surface area contributed by atoms with E-state index in [4.69, 9.17) is 0 Å². The fourth-order valence-corrected chi connectivity index (χ4v) is 3.54. The maximum Gasteiger partial charge on any atom is 0.0232 e. The molecule has 0 aromatic rings. The molecule has 13 heavy (non-hydrogen) atoms. The molecule has 0 spiro atoms. The molecule has 0 radical (unpaired) electrons. The third-order valence-electron chi connectivity index (χ3n) is 3.32. The van der Waals surface area contributed by atoms with Gasteiger partial charge in [0.05, 0.1) is 0 Å². The summed E-state index contributed by atoms with van der Waals surface area (Å²) in [4.78, 5) is 2.62. The second-order valence-corrected chi connectivity index (χ2v) is 5.33. The molecule has 0 saturated carbocycles. The van der Waals surface area contributed by atoms with Crippen molar-refractivity contribution in [3.8, 4) is 0 Å². The van der Waals surface area contributed by atoms with E-state index < -0.39 is 0 Å². The summed E-state index contributed by atoms with van der Waals surface area (Å²) in [6, 6.07) is 1.66. The monoisotopic (exact) mass is 200 g/mol. The van der Waals surface area contributed by atoms with Crippen molar-refractivity contribution in [2.24, 2.45) is 0 Å². The average Bonchev–Trinajstić information content (AvgIpc) is 2.71. The molecule has 2 unspecified atom stereocenters. The Bertz CT molecular complexity index is 151. The Hall–Kier alpha value is 0.270. The Labute approximate surface area is 85.4 Å².